The topological polar surface area (TPSA) is 70.3 Å². The number of halogens is 3. The number of nitrogens with two attached hydrogens (primary N) is 1. The molecule has 0 amide bonds. The van der Waals surface area contributed by atoms with E-state index in [1.807, 2.05) is 0 Å². The first-order valence-corrected chi connectivity index (χ1v) is 3.94. The monoisotopic (exact) mass is 223 g/mol. The molecule has 84 valence electrons. The van der Waals surface area contributed by atoms with Crippen LogP contribution in [0.1, 0.15) is 6.92 Å². The third kappa shape index (κ3) is 3.88. The fraction of sp³-hybridized carbons (Fsp3) is 0.429. The highest BCUT2D eigenvalue weighted by Gasteiger charge is 2.32. The highest BCUT2D eigenvalue weighted by molar-refractivity contribution is 5.29. The predicted octanol–water partition coefficient (Wildman–Crippen LogP) is 1.36. The van der Waals surface area contributed by atoms with Crippen molar-refractivity contribution in [1.29, 1.82) is 0 Å². The van der Waals surface area contributed by atoms with Gasteiger partial charge < -0.3 is 15.2 Å². The maximum absolute atomic E-state index is 11.8. The van der Waals surface area contributed by atoms with Gasteiger partial charge in [0.25, 0.3) is 0 Å². The van der Waals surface area contributed by atoms with Crippen molar-refractivity contribution < 1.29 is 22.6 Å². The second kappa shape index (κ2) is 4.20. The third-order valence-corrected chi connectivity index (χ3v) is 1.21. The molecule has 1 aromatic rings. The molecule has 0 aliphatic carbocycles. The molecule has 0 fully saturated rings. The number of hydrogen-bond donors (Lipinski definition) is 1. The Hall–Kier alpha value is -1.73. The number of nitrogens with zero attached hydrogens (tertiary/aromatic N) is 2. The van der Waals surface area contributed by atoms with E-state index in [4.69, 9.17) is 10.5 Å². The molecule has 0 aliphatic rings. The molecule has 2 N–H and O–H groups in total. The third-order valence-electron chi connectivity index (χ3n) is 1.21. The first kappa shape index (κ1) is 11.3. The number of hydrogen-bond acceptors (Lipinski definition) is 5. The summed E-state index contributed by atoms with van der Waals surface area (Å²) in [5.74, 6) is -1.11. The standard InChI is InChI=1S/C7H8F3N3O2/c1-2-14-4-3-5(13-6(11)12-4)15-7(8,9)10/h3H,2H2,1H3,(H2,11,12,13). The van der Waals surface area contributed by atoms with Gasteiger partial charge in [-0.05, 0) is 6.92 Å². The summed E-state index contributed by atoms with van der Waals surface area (Å²) in [5, 5.41) is 0. The minimum atomic E-state index is -4.82. The molecule has 0 aliphatic heterocycles. The molecule has 0 atom stereocenters. The van der Waals surface area contributed by atoms with Crippen molar-refractivity contribution in [2.45, 2.75) is 13.3 Å². The number of rotatable bonds is 3. The lowest BCUT2D eigenvalue weighted by molar-refractivity contribution is -0.276. The summed E-state index contributed by atoms with van der Waals surface area (Å²) in [4.78, 5) is 6.80. The largest absolute Gasteiger partial charge is 0.574 e. The average molecular weight is 223 g/mol. The van der Waals surface area contributed by atoms with Crippen molar-refractivity contribution >= 4 is 5.95 Å². The van der Waals surface area contributed by atoms with E-state index < -0.39 is 12.2 Å². The SMILES string of the molecule is CCOc1cc(OC(F)(F)F)nc(N)n1. The summed E-state index contributed by atoms with van der Waals surface area (Å²) in [6.07, 6.45) is -4.82. The summed E-state index contributed by atoms with van der Waals surface area (Å²) in [7, 11) is 0. The summed E-state index contributed by atoms with van der Waals surface area (Å²) in [6, 6.07) is 0.910. The zero-order chi connectivity index (χ0) is 11.5. The van der Waals surface area contributed by atoms with E-state index >= 15 is 0 Å². The number of anilines is 1. The molecule has 1 rings (SSSR count). The van der Waals surface area contributed by atoms with E-state index in [0.29, 0.717) is 0 Å². The smallest absolute Gasteiger partial charge is 0.478 e. The zero-order valence-electron chi connectivity index (χ0n) is 7.71. The van der Waals surface area contributed by atoms with Crippen molar-refractivity contribution in [2.24, 2.45) is 0 Å². The fourth-order valence-electron chi connectivity index (χ4n) is 0.814. The van der Waals surface area contributed by atoms with Crippen LogP contribution in [0.15, 0.2) is 6.07 Å². The van der Waals surface area contributed by atoms with E-state index in [0.717, 1.165) is 6.07 Å². The van der Waals surface area contributed by atoms with Crippen LogP contribution < -0.4 is 15.2 Å². The van der Waals surface area contributed by atoms with E-state index in [9.17, 15) is 13.2 Å². The van der Waals surface area contributed by atoms with Crippen LogP contribution in [0, 0.1) is 0 Å². The number of ether oxygens (including phenoxy) is 2. The first-order valence-electron chi connectivity index (χ1n) is 3.94. The number of aromatic nitrogens is 2. The number of alkyl halides is 3. The van der Waals surface area contributed by atoms with Gasteiger partial charge in [-0.3, -0.25) is 0 Å². The Morgan fingerprint density at radius 1 is 1.33 bits per heavy atom. The highest BCUT2D eigenvalue weighted by Crippen LogP contribution is 2.23. The maximum Gasteiger partial charge on any atom is 0.574 e. The van der Waals surface area contributed by atoms with E-state index in [2.05, 4.69) is 14.7 Å². The summed E-state index contributed by atoms with van der Waals surface area (Å²) in [5.41, 5.74) is 5.16. The van der Waals surface area contributed by atoms with Gasteiger partial charge in [-0.2, -0.15) is 9.97 Å². The van der Waals surface area contributed by atoms with Crippen molar-refractivity contribution in [2.75, 3.05) is 12.3 Å². The Kier molecular flexibility index (Phi) is 3.17. The van der Waals surface area contributed by atoms with Gasteiger partial charge in [0.1, 0.15) is 0 Å². The van der Waals surface area contributed by atoms with E-state index in [-0.39, 0.29) is 18.4 Å². The van der Waals surface area contributed by atoms with Gasteiger partial charge in [0, 0.05) is 0 Å². The van der Waals surface area contributed by atoms with Crippen LogP contribution in [0.25, 0.3) is 0 Å². The number of nitrogen functional groups attached to an aromatic ring is 1. The van der Waals surface area contributed by atoms with Crippen molar-refractivity contribution in [1.82, 2.24) is 9.97 Å². The van der Waals surface area contributed by atoms with Crippen LogP contribution in [-0.4, -0.2) is 22.9 Å². The molecule has 15 heavy (non-hydrogen) atoms. The summed E-state index contributed by atoms with van der Waals surface area (Å²) in [6.45, 7) is 1.91. The van der Waals surface area contributed by atoms with Gasteiger partial charge in [-0.25, -0.2) is 0 Å². The molecule has 0 radical (unpaired) electrons. The molecule has 0 spiro atoms. The van der Waals surface area contributed by atoms with Gasteiger partial charge >= 0.3 is 6.36 Å². The molecular formula is C7H8F3N3O2. The molecule has 0 aromatic carbocycles. The maximum atomic E-state index is 11.8. The molecular weight excluding hydrogens is 215 g/mol. The van der Waals surface area contributed by atoms with Gasteiger partial charge in [0.15, 0.2) is 0 Å². The lowest BCUT2D eigenvalue weighted by atomic mass is 10.6. The van der Waals surface area contributed by atoms with Gasteiger partial charge in [-0.15, -0.1) is 13.2 Å². The van der Waals surface area contributed by atoms with Crippen LogP contribution >= 0.6 is 0 Å². The Balaban J connectivity index is 2.88. The first-order chi connectivity index (χ1) is 6.90. The Morgan fingerprint density at radius 2 is 1.93 bits per heavy atom. The Bertz CT molecular complexity index is 343. The molecule has 8 heteroatoms. The molecule has 0 saturated heterocycles. The fourth-order valence-corrected chi connectivity index (χ4v) is 0.814. The molecule has 0 bridgehead atoms. The lowest BCUT2D eigenvalue weighted by Crippen LogP contribution is -2.18. The molecule has 1 heterocycles. The van der Waals surface area contributed by atoms with E-state index in [1.165, 1.54) is 0 Å². The average Bonchev–Trinajstić information content (AvgIpc) is 1.99. The van der Waals surface area contributed by atoms with Crippen molar-refractivity contribution in [3.8, 4) is 11.8 Å². The molecule has 5 nitrogen and oxygen atoms in total. The minimum absolute atomic E-state index is 0.0655. The van der Waals surface area contributed by atoms with Crippen LogP contribution in [0.5, 0.6) is 11.8 Å². The second-order valence-corrected chi connectivity index (χ2v) is 2.38. The Labute approximate surface area is 83.0 Å². The minimum Gasteiger partial charge on any atom is -0.478 e. The predicted molar refractivity (Wildman–Crippen MR) is 44.3 cm³/mol. The lowest BCUT2D eigenvalue weighted by Gasteiger charge is -2.09. The van der Waals surface area contributed by atoms with Crippen molar-refractivity contribution in [3.63, 3.8) is 0 Å². The molecule has 0 unspecified atom stereocenters. The van der Waals surface area contributed by atoms with Crippen LogP contribution in [0.2, 0.25) is 0 Å². The summed E-state index contributed by atoms with van der Waals surface area (Å²) >= 11 is 0. The summed E-state index contributed by atoms with van der Waals surface area (Å²) < 4.78 is 43.9. The highest BCUT2D eigenvalue weighted by atomic mass is 19.4. The van der Waals surface area contributed by atoms with Crippen LogP contribution in [0.4, 0.5) is 19.1 Å². The second-order valence-electron chi connectivity index (χ2n) is 2.38. The van der Waals surface area contributed by atoms with Crippen LogP contribution in [0.3, 0.4) is 0 Å². The Morgan fingerprint density at radius 3 is 2.47 bits per heavy atom. The molecule has 0 saturated carbocycles. The van der Waals surface area contributed by atoms with E-state index in [1.54, 1.807) is 6.92 Å². The quantitative estimate of drug-likeness (QED) is 0.837. The van der Waals surface area contributed by atoms with Gasteiger partial charge in [0.2, 0.25) is 17.7 Å². The van der Waals surface area contributed by atoms with Gasteiger partial charge in [0.05, 0.1) is 12.7 Å². The van der Waals surface area contributed by atoms with Crippen LogP contribution in [-0.2, 0) is 0 Å². The van der Waals surface area contributed by atoms with Gasteiger partial charge in [-0.1, -0.05) is 0 Å². The normalized spacial score (nSPS) is 11.2. The molecule has 1 aromatic heterocycles. The zero-order valence-corrected chi connectivity index (χ0v) is 7.71. The van der Waals surface area contributed by atoms with Crippen molar-refractivity contribution in [3.05, 3.63) is 6.07 Å².